The average Bonchev–Trinajstić information content (AvgIpc) is 3.00. The van der Waals surface area contributed by atoms with Gasteiger partial charge in [0.25, 0.3) is 5.56 Å². The van der Waals surface area contributed by atoms with Gasteiger partial charge >= 0.3 is 0 Å². The van der Waals surface area contributed by atoms with Crippen molar-refractivity contribution in [3.8, 4) is 11.1 Å². The number of rotatable bonds is 3. The van der Waals surface area contributed by atoms with Gasteiger partial charge in [-0.1, -0.05) is 44.2 Å². The van der Waals surface area contributed by atoms with E-state index in [0.717, 1.165) is 40.3 Å². The van der Waals surface area contributed by atoms with E-state index in [0.29, 0.717) is 17.2 Å². The second-order valence-corrected chi connectivity index (χ2v) is 9.21. The van der Waals surface area contributed by atoms with E-state index in [1.165, 1.54) is 22.2 Å². The van der Waals surface area contributed by atoms with Crippen LogP contribution in [0.25, 0.3) is 21.3 Å². The van der Waals surface area contributed by atoms with Gasteiger partial charge in [0.05, 0.1) is 11.7 Å². The molecule has 1 fully saturated rings. The Hall–Kier alpha value is -2.47. The number of carbonyl (C=O) groups excluding carboxylic acids is 1. The lowest BCUT2D eigenvalue weighted by Gasteiger charge is -2.35. The molecule has 3 aromatic rings. The zero-order valence-electron chi connectivity index (χ0n) is 16.5. The SMILES string of the molecule is Cc1sc2ncn(CC(=O)N3C[C@H](C)C[C@@H](C)C3)c(=O)c2c1-c1ccccc1. The number of hydrogen-bond donors (Lipinski definition) is 0. The summed E-state index contributed by atoms with van der Waals surface area (Å²) in [5, 5.41) is 0.615. The molecule has 1 aliphatic heterocycles. The maximum absolute atomic E-state index is 13.2. The number of piperidine rings is 1. The third kappa shape index (κ3) is 3.49. The molecule has 1 aliphatic rings. The molecule has 0 bridgehead atoms. The van der Waals surface area contributed by atoms with E-state index in [2.05, 4.69) is 18.8 Å². The summed E-state index contributed by atoms with van der Waals surface area (Å²) in [5.74, 6) is 0.985. The van der Waals surface area contributed by atoms with Crippen LogP contribution >= 0.6 is 11.3 Å². The van der Waals surface area contributed by atoms with Crippen molar-refractivity contribution in [3.63, 3.8) is 0 Å². The molecular formula is C22H25N3O2S. The molecule has 0 N–H and O–H groups in total. The Morgan fingerprint density at radius 3 is 2.54 bits per heavy atom. The number of benzene rings is 1. The van der Waals surface area contributed by atoms with Crippen LogP contribution in [-0.4, -0.2) is 33.4 Å². The maximum atomic E-state index is 13.2. The average molecular weight is 396 g/mol. The van der Waals surface area contributed by atoms with E-state index < -0.39 is 0 Å². The Balaban J connectivity index is 1.70. The lowest BCUT2D eigenvalue weighted by atomic mass is 9.92. The number of nitrogens with zero attached hydrogens (tertiary/aromatic N) is 3. The molecule has 2 atom stereocenters. The summed E-state index contributed by atoms with van der Waals surface area (Å²) in [6, 6.07) is 9.91. The topological polar surface area (TPSA) is 55.2 Å². The first kappa shape index (κ1) is 18.9. The van der Waals surface area contributed by atoms with Crippen LogP contribution in [0.4, 0.5) is 0 Å². The van der Waals surface area contributed by atoms with Gasteiger partial charge in [0, 0.05) is 23.5 Å². The molecule has 0 unspecified atom stereocenters. The summed E-state index contributed by atoms with van der Waals surface area (Å²) in [6.07, 6.45) is 2.66. The molecular weight excluding hydrogens is 370 g/mol. The van der Waals surface area contributed by atoms with Crippen LogP contribution in [0, 0.1) is 18.8 Å². The van der Waals surface area contributed by atoms with E-state index in [-0.39, 0.29) is 18.0 Å². The van der Waals surface area contributed by atoms with Crippen LogP contribution in [0.1, 0.15) is 25.1 Å². The Morgan fingerprint density at radius 2 is 1.86 bits per heavy atom. The third-order valence-corrected chi connectivity index (χ3v) is 6.46. The van der Waals surface area contributed by atoms with Crippen LogP contribution < -0.4 is 5.56 Å². The highest BCUT2D eigenvalue weighted by molar-refractivity contribution is 7.19. The Kier molecular flexibility index (Phi) is 5.06. The molecule has 6 heteroatoms. The van der Waals surface area contributed by atoms with Gasteiger partial charge in [0.2, 0.25) is 5.91 Å². The summed E-state index contributed by atoms with van der Waals surface area (Å²) in [6.45, 7) is 7.94. The van der Waals surface area contributed by atoms with Crippen LogP contribution in [0.3, 0.4) is 0 Å². The van der Waals surface area contributed by atoms with Gasteiger partial charge in [0.1, 0.15) is 11.4 Å². The molecule has 3 heterocycles. The van der Waals surface area contributed by atoms with E-state index >= 15 is 0 Å². The second-order valence-electron chi connectivity index (χ2n) is 8.00. The molecule has 0 spiro atoms. The van der Waals surface area contributed by atoms with Gasteiger partial charge in [0.15, 0.2) is 0 Å². The van der Waals surface area contributed by atoms with Crippen LogP contribution in [0.5, 0.6) is 0 Å². The van der Waals surface area contributed by atoms with Crippen LogP contribution in [-0.2, 0) is 11.3 Å². The zero-order valence-corrected chi connectivity index (χ0v) is 17.3. The first-order valence-corrected chi connectivity index (χ1v) is 10.6. The van der Waals surface area contributed by atoms with E-state index in [9.17, 15) is 9.59 Å². The Labute approximate surface area is 168 Å². The fourth-order valence-electron chi connectivity index (χ4n) is 4.31. The number of thiophene rings is 1. The monoisotopic (exact) mass is 395 g/mol. The largest absolute Gasteiger partial charge is 0.341 e. The molecule has 0 aliphatic carbocycles. The second kappa shape index (κ2) is 7.51. The minimum absolute atomic E-state index is 0.00476. The molecule has 2 aromatic heterocycles. The molecule has 4 rings (SSSR count). The van der Waals surface area contributed by atoms with Gasteiger partial charge < -0.3 is 4.90 Å². The molecule has 1 saturated heterocycles. The van der Waals surface area contributed by atoms with E-state index in [4.69, 9.17) is 0 Å². The molecule has 1 aromatic carbocycles. The van der Waals surface area contributed by atoms with Gasteiger partial charge in [-0.2, -0.15) is 0 Å². The van der Waals surface area contributed by atoms with Crippen molar-refractivity contribution < 1.29 is 4.79 Å². The van der Waals surface area contributed by atoms with Crippen molar-refractivity contribution in [3.05, 3.63) is 51.9 Å². The lowest BCUT2D eigenvalue weighted by Crippen LogP contribution is -2.44. The van der Waals surface area contributed by atoms with Crippen molar-refractivity contribution in [1.82, 2.24) is 14.5 Å². The predicted molar refractivity (Wildman–Crippen MR) is 114 cm³/mol. The highest BCUT2D eigenvalue weighted by Crippen LogP contribution is 2.35. The van der Waals surface area contributed by atoms with Gasteiger partial charge in [-0.3, -0.25) is 14.2 Å². The summed E-state index contributed by atoms with van der Waals surface area (Å²) < 4.78 is 1.47. The fourth-order valence-corrected chi connectivity index (χ4v) is 5.32. The number of hydrogen-bond acceptors (Lipinski definition) is 4. The number of carbonyl (C=O) groups is 1. The van der Waals surface area contributed by atoms with Crippen molar-refractivity contribution in [2.75, 3.05) is 13.1 Å². The standard InChI is InChI=1S/C22H25N3O2S/c1-14-9-15(2)11-24(10-14)18(26)12-25-13-23-21-20(22(25)27)19(16(3)28-21)17-7-5-4-6-8-17/h4-8,13-15H,9-12H2,1-3H3/t14-,15-/m1/s1. The number of aryl methyl sites for hydroxylation is 1. The minimum atomic E-state index is -0.139. The highest BCUT2D eigenvalue weighted by atomic mass is 32.1. The first-order valence-electron chi connectivity index (χ1n) is 9.75. The molecule has 0 saturated carbocycles. The zero-order chi connectivity index (χ0) is 19.8. The van der Waals surface area contributed by atoms with Crippen LogP contribution in [0.2, 0.25) is 0 Å². The molecule has 1 amide bonds. The van der Waals surface area contributed by atoms with Crippen LogP contribution in [0.15, 0.2) is 41.5 Å². The lowest BCUT2D eigenvalue weighted by molar-refractivity contribution is -0.134. The van der Waals surface area contributed by atoms with Gasteiger partial charge in [-0.25, -0.2) is 4.98 Å². The molecule has 146 valence electrons. The van der Waals surface area contributed by atoms with Crippen molar-refractivity contribution in [2.45, 2.75) is 33.7 Å². The predicted octanol–water partition coefficient (Wildman–Crippen LogP) is 3.94. The Morgan fingerprint density at radius 1 is 1.18 bits per heavy atom. The quantitative estimate of drug-likeness (QED) is 0.675. The van der Waals surface area contributed by atoms with E-state index in [1.54, 1.807) is 0 Å². The molecule has 28 heavy (non-hydrogen) atoms. The summed E-state index contributed by atoms with van der Waals surface area (Å²) in [5.41, 5.74) is 1.80. The smallest absolute Gasteiger partial charge is 0.263 e. The summed E-state index contributed by atoms with van der Waals surface area (Å²) >= 11 is 1.52. The third-order valence-electron chi connectivity index (χ3n) is 5.44. The normalized spacial score (nSPS) is 19.9. The number of likely N-dealkylation sites (tertiary alicyclic amines) is 1. The fraction of sp³-hybridized carbons (Fsp3) is 0.409. The minimum Gasteiger partial charge on any atom is -0.341 e. The van der Waals surface area contributed by atoms with Crippen molar-refractivity contribution in [1.29, 1.82) is 0 Å². The highest BCUT2D eigenvalue weighted by Gasteiger charge is 2.26. The molecule has 5 nitrogen and oxygen atoms in total. The first-order chi connectivity index (χ1) is 13.4. The summed E-state index contributed by atoms with van der Waals surface area (Å²) in [4.78, 5) is 34.3. The van der Waals surface area contributed by atoms with Gasteiger partial charge in [-0.05, 0) is 30.7 Å². The van der Waals surface area contributed by atoms with Crippen molar-refractivity contribution >= 4 is 27.5 Å². The number of aromatic nitrogens is 2. The maximum Gasteiger partial charge on any atom is 0.263 e. The summed E-state index contributed by atoms with van der Waals surface area (Å²) in [7, 11) is 0. The molecule has 0 radical (unpaired) electrons. The number of fused-ring (bicyclic) bond motifs is 1. The Bertz CT molecular complexity index is 1060. The van der Waals surface area contributed by atoms with Crippen molar-refractivity contribution in [2.24, 2.45) is 11.8 Å². The van der Waals surface area contributed by atoms with Gasteiger partial charge in [-0.15, -0.1) is 11.3 Å². The van der Waals surface area contributed by atoms with E-state index in [1.807, 2.05) is 42.2 Å². The number of amides is 1.